The van der Waals surface area contributed by atoms with Crippen LogP contribution in [0.4, 0.5) is 34.1 Å². The monoisotopic (exact) mass is 1450 g/mol. The Morgan fingerprint density at radius 1 is 0.193 bits per heavy atom. The average molecular weight is 1450 g/mol. The highest BCUT2D eigenvalue weighted by atomic mass is 16.3. The summed E-state index contributed by atoms with van der Waals surface area (Å²) in [6.07, 6.45) is 0. The summed E-state index contributed by atoms with van der Waals surface area (Å²) in [6, 6.07) is 151. The Morgan fingerprint density at radius 2 is 0.605 bits per heavy atom. The SMILES string of the molecule is c1cc(-c2cccc3c2oc2ccccc23)cc(N(c2ccc(-c3ccccc3-n3c4ccccc4c4c(-c5ccc6c(c5)c5ccccc5n6-c5ccccc5-c5ccc(N(c6cccc(-c7cccc8c7oc7ccccc78)c6)c6cccc7ccc8ccccc8c67)cc5)cccc43)cc2)c2ccc3ccccc3c2)c1. The molecule has 19 aromatic carbocycles. The molecule has 0 saturated heterocycles. The number of fused-ring (bicyclic) bond motifs is 16. The van der Waals surface area contributed by atoms with Gasteiger partial charge in [0, 0.05) is 99.2 Å². The molecule has 0 aliphatic heterocycles. The number of anilines is 6. The third-order valence-electron chi connectivity index (χ3n) is 23.5. The molecular formula is C108H68N4O2. The van der Waals surface area contributed by atoms with Gasteiger partial charge in [-0.1, -0.05) is 291 Å². The number of furan rings is 2. The molecule has 114 heavy (non-hydrogen) atoms. The Balaban J connectivity index is 0.609. The summed E-state index contributed by atoms with van der Waals surface area (Å²) < 4.78 is 18.2. The van der Waals surface area contributed by atoms with Gasteiger partial charge in [-0.15, -0.1) is 0 Å². The number of para-hydroxylation sites is 8. The third kappa shape index (κ3) is 10.4. The Bertz CT molecular complexity index is 7830. The van der Waals surface area contributed by atoms with E-state index in [0.29, 0.717) is 0 Å². The summed E-state index contributed by atoms with van der Waals surface area (Å²) in [5, 5.41) is 16.4. The van der Waals surface area contributed by atoms with E-state index < -0.39 is 0 Å². The molecule has 4 heterocycles. The van der Waals surface area contributed by atoms with Gasteiger partial charge in [0.25, 0.3) is 0 Å². The second kappa shape index (κ2) is 26.2. The average Bonchev–Trinajstić information content (AvgIpc) is 1.58. The molecule has 4 aromatic heterocycles. The summed E-state index contributed by atoms with van der Waals surface area (Å²) in [7, 11) is 0. The molecule has 6 nitrogen and oxygen atoms in total. The normalized spacial score (nSPS) is 11.9. The first-order chi connectivity index (χ1) is 56.5. The molecule has 23 aromatic rings. The van der Waals surface area contributed by atoms with Crippen LogP contribution in [0.2, 0.25) is 0 Å². The van der Waals surface area contributed by atoms with Crippen LogP contribution in [0.5, 0.6) is 0 Å². The molecule has 0 aliphatic rings. The van der Waals surface area contributed by atoms with Crippen LogP contribution in [0.1, 0.15) is 0 Å². The first-order valence-electron chi connectivity index (χ1n) is 39.0. The largest absolute Gasteiger partial charge is 0.455 e. The predicted molar refractivity (Wildman–Crippen MR) is 479 cm³/mol. The summed E-state index contributed by atoms with van der Waals surface area (Å²) in [6.45, 7) is 0. The van der Waals surface area contributed by atoms with Gasteiger partial charge in [0.15, 0.2) is 0 Å². The Kier molecular flexibility index (Phi) is 14.9. The van der Waals surface area contributed by atoms with Gasteiger partial charge in [-0.3, -0.25) is 0 Å². The molecule has 0 bridgehead atoms. The number of hydrogen-bond acceptors (Lipinski definition) is 4. The zero-order valence-corrected chi connectivity index (χ0v) is 61.9. The van der Waals surface area contributed by atoms with Crippen molar-refractivity contribution >= 4 is 154 Å². The predicted octanol–water partition coefficient (Wildman–Crippen LogP) is 30.4. The van der Waals surface area contributed by atoms with Crippen molar-refractivity contribution in [2.75, 3.05) is 9.80 Å². The van der Waals surface area contributed by atoms with Gasteiger partial charge in [-0.25, -0.2) is 0 Å². The van der Waals surface area contributed by atoms with Gasteiger partial charge in [0.2, 0.25) is 0 Å². The summed E-state index contributed by atoms with van der Waals surface area (Å²) in [5.74, 6) is 0. The van der Waals surface area contributed by atoms with E-state index in [1.807, 2.05) is 12.1 Å². The van der Waals surface area contributed by atoms with Crippen LogP contribution >= 0.6 is 0 Å². The lowest BCUT2D eigenvalue weighted by Gasteiger charge is -2.28. The van der Waals surface area contributed by atoms with Crippen LogP contribution in [0, 0.1) is 0 Å². The second-order valence-corrected chi connectivity index (χ2v) is 29.8. The van der Waals surface area contributed by atoms with Crippen LogP contribution < -0.4 is 9.80 Å². The first kappa shape index (κ1) is 64.7. The lowest BCUT2D eigenvalue weighted by molar-refractivity contribution is 0.669. The molecule has 0 atom stereocenters. The fourth-order valence-corrected chi connectivity index (χ4v) is 18.3. The van der Waals surface area contributed by atoms with E-state index in [1.165, 1.54) is 59.4 Å². The van der Waals surface area contributed by atoms with Crippen molar-refractivity contribution in [2.24, 2.45) is 0 Å². The second-order valence-electron chi connectivity index (χ2n) is 29.8. The van der Waals surface area contributed by atoms with Crippen molar-refractivity contribution in [3.05, 3.63) is 413 Å². The van der Waals surface area contributed by atoms with E-state index in [2.05, 4.69) is 419 Å². The highest BCUT2D eigenvalue weighted by Gasteiger charge is 2.25. The Labute approximate surface area is 657 Å². The van der Waals surface area contributed by atoms with Crippen molar-refractivity contribution in [2.45, 2.75) is 0 Å². The molecule has 0 amide bonds. The Morgan fingerprint density at radius 3 is 1.27 bits per heavy atom. The van der Waals surface area contributed by atoms with Crippen molar-refractivity contribution in [1.29, 1.82) is 0 Å². The van der Waals surface area contributed by atoms with E-state index in [-0.39, 0.29) is 0 Å². The quantitative estimate of drug-likeness (QED) is 0.108. The maximum atomic E-state index is 6.66. The zero-order valence-electron chi connectivity index (χ0n) is 61.9. The lowest BCUT2D eigenvalue weighted by Crippen LogP contribution is -2.10. The Hall–Kier alpha value is -15.2. The third-order valence-corrected chi connectivity index (χ3v) is 23.5. The van der Waals surface area contributed by atoms with Crippen LogP contribution in [0.25, 0.3) is 187 Å². The smallest absolute Gasteiger partial charge is 0.143 e. The highest BCUT2D eigenvalue weighted by Crippen LogP contribution is 2.49. The van der Waals surface area contributed by atoms with Gasteiger partial charge < -0.3 is 27.8 Å². The van der Waals surface area contributed by atoms with E-state index >= 15 is 0 Å². The van der Waals surface area contributed by atoms with Gasteiger partial charge >= 0.3 is 0 Å². The molecule has 0 spiro atoms. The van der Waals surface area contributed by atoms with E-state index in [9.17, 15) is 0 Å². The van der Waals surface area contributed by atoms with Crippen molar-refractivity contribution in [1.82, 2.24) is 9.13 Å². The minimum absolute atomic E-state index is 0.884. The molecule has 532 valence electrons. The number of benzene rings is 19. The molecule has 0 saturated carbocycles. The zero-order chi connectivity index (χ0) is 74.9. The van der Waals surface area contributed by atoms with Gasteiger partial charge in [0.1, 0.15) is 22.3 Å². The number of aromatic nitrogens is 2. The minimum Gasteiger partial charge on any atom is -0.455 e. The summed E-state index contributed by atoms with van der Waals surface area (Å²) >= 11 is 0. The van der Waals surface area contributed by atoms with Crippen molar-refractivity contribution in [3.8, 4) is 67.0 Å². The van der Waals surface area contributed by atoms with Gasteiger partial charge in [-0.05, 0) is 182 Å². The van der Waals surface area contributed by atoms with E-state index in [4.69, 9.17) is 8.83 Å². The maximum absolute atomic E-state index is 6.66. The molecule has 0 aliphatic carbocycles. The molecule has 23 rings (SSSR count). The first-order valence-corrected chi connectivity index (χ1v) is 39.0. The van der Waals surface area contributed by atoms with Crippen molar-refractivity contribution < 1.29 is 8.83 Å². The fourth-order valence-electron chi connectivity index (χ4n) is 18.3. The number of rotatable bonds is 13. The molecule has 0 fully saturated rings. The molecule has 6 heteroatoms. The fraction of sp³-hybridized carbons (Fsp3) is 0. The van der Waals surface area contributed by atoms with Gasteiger partial charge in [0.05, 0.1) is 39.1 Å². The van der Waals surface area contributed by atoms with Crippen LogP contribution in [-0.2, 0) is 0 Å². The lowest BCUT2D eigenvalue weighted by atomic mass is 9.97. The summed E-state index contributed by atoms with van der Waals surface area (Å²) in [5.41, 5.74) is 27.7. The van der Waals surface area contributed by atoms with Crippen LogP contribution in [-0.4, -0.2) is 9.13 Å². The van der Waals surface area contributed by atoms with E-state index in [1.54, 1.807) is 0 Å². The molecule has 0 N–H and O–H groups in total. The number of nitrogens with zero attached hydrogens (tertiary/aromatic N) is 4. The topological polar surface area (TPSA) is 42.6 Å². The van der Waals surface area contributed by atoms with Crippen molar-refractivity contribution in [3.63, 3.8) is 0 Å². The molecular weight excluding hydrogens is 1390 g/mol. The molecule has 0 radical (unpaired) electrons. The van der Waals surface area contributed by atoms with Crippen LogP contribution in [0.15, 0.2) is 421 Å². The highest BCUT2D eigenvalue weighted by molar-refractivity contribution is 6.20. The van der Waals surface area contributed by atoms with Crippen LogP contribution in [0.3, 0.4) is 0 Å². The van der Waals surface area contributed by atoms with E-state index in [0.717, 1.165) is 162 Å². The summed E-state index contributed by atoms with van der Waals surface area (Å²) in [4.78, 5) is 4.81. The molecule has 0 unspecified atom stereocenters. The number of hydrogen-bond donors (Lipinski definition) is 0. The minimum atomic E-state index is 0.884. The maximum Gasteiger partial charge on any atom is 0.143 e. The van der Waals surface area contributed by atoms with Gasteiger partial charge in [-0.2, -0.15) is 0 Å². The standard InChI is InChI=1S/C108H68N4O2/c1-2-25-74-65-82(63-53-69(74)23-1)109(80-29-17-27-75(66-80)87-39-20-41-92-90-35-9-15-49-103(90)113-107(87)92)78-59-54-71(55-60-78)84-32-6-12-44-97(84)112-99-46-14-8-37-94(99)106-86(38-22-48-102(106)112)77-58-64-100-95(68-77)89-34-7-13-45-98(89)111(100)96-43-11-5-31-83(96)72-56-61-79(62-57-72)110(101-47-19-26-73-52-51-70-24-3-4-33-85(70)105(73)101)81-30-18-28-76(67-81)88-40-21-42-93-91-36-10-16-50-104(91)114-108(88)93/h1-68H.